The van der Waals surface area contributed by atoms with E-state index in [4.69, 9.17) is 11.6 Å². The molecule has 2 heterocycles. The average molecular weight is 423 g/mol. The number of hydrogen-bond donors (Lipinski definition) is 2. The number of anilines is 1. The van der Waals surface area contributed by atoms with Crippen LogP contribution in [0.4, 0.5) is 5.69 Å². The topological polar surface area (TPSA) is 88.6 Å². The Morgan fingerprint density at radius 3 is 2.63 bits per heavy atom. The Labute approximate surface area is 177 Å². The van der Waals surface area contributed by atoms with Crippen molar-refractivity contribution in [2.45, 2.75) is 20.1 Å². The summed E-state index contributed by atoms with van der Waals surface area (Å²) in [5, 5.41) is 17.6. The summed E-state index contributed by atoms with van der Waals surface area (Å²) in [5.74, 6) is -0.366. The number of rotatable bonds is 5. The number of fused-ring (bicyclic) bond motifs is 1. The Hall–Kier alpha value is -3.42. The fourth-order valence-electron chi connectivity index (χ4n) is 3.28. The lowest BCUT2D eigenvalue weighted by atomic mass is 10.1. The van der Waals surface area contributed by atoms with Gasteiger partial charge in [-0.2, -0.15) is 5.10 Å². The van der Waals surface area contributed by atoms with Crippen molar-refractivity contribution in [1.82, 2.24) is 14.2 Å². The molecule has 0 saturated carbocycles. The largest absolute Gasteiger partial charge is 0.392 e. The first-order chi connectivity index (χ1) is 14.5. The molecule has 0 atom stereocenters. The number of halogens is 1. The number of hydrogen-bond acceptors (Lipinski definition) is 4. The molecule has 0 aliphatic heterocycles. The molecule has 0 unspecified atom stereocenters. The number of aliphatic hydroxyl groups is 1. The number of carbonyl (C=O) groups excluding carboxylic acids is 1. The molecule has 30 heavy (non-hydrogen) atoms. The van der Waals surface area contributed by atoms with Crippen LogP contribution in [-0.4, -0.2) is 25.2 Å². The second kappa shape index (κ2) is 8.14. The first-order valence-corrected chi connectivity index (χ1v) is 9.68. The van der Waals surface area contributed by atoms with Crippen LogP contribution in [0.2, 0.25) is 5.02 Å². The van der Waals surface area contributed by atoms with Gasteiger partial charge in [0, 0.05) is 34.2 Å². The van der Waals surface area contributed by atoms with Crippen molar-refractivity contribution in [3.05, 3.63) is 87.4 Å². The predicted molar refractivity (Wildman–Crippen MR) is 116 cm³/mol. The highest BCUT2D eigenvalue weighted by atomic mass is 35.5. The second-order valence-electron chi connectivity index (χ2n) is 6.89. The van der Waals surface area contributed by atoms with E-state index in [-0.39, 0.29) is 24.6 Å². The fourth-order valence-corrected chi connectivity index (χ4v) is 3.46. The van der Waals surface area contributed by atoms with Crippen LogP contribution in [0.25, 0.3) is 16.8 Å². The van der Waals surface area contributed by atoms with Crippen molar-refractivity contribution in [1.29, 1.82) is 0 Å². The van der Waals surface area contributed by atoms with Crippen LogP contribution in [-0.2, 0) is 17.9 Å². The van der Waals surface area contributed by atoms with Gasteiger partial charge in [0.1, 0.15) is 12.1 Å². The van der Waals surface area contributed by atoms with Crippen molar-refractivity contribution in [2.75, 3.05) is 5.32 Å². The van der Waals surface area contributed by atoms with Gasteiger partial charge in [-0.05, 0) is 24.6 Å². The van der Waals surface area contributed by atoms with Crippen molar-refractivity contribution >= 4 is 28.7 Å². The molecular weight excluding hydrogens is 404 g/mol. The molecule has 4 rings (SSSR count). The van der Waals surface area contributed by atoms with Crippen LogP contribution in [0.15, 0.2) is 65.7 Å². The minimum Gasteiger partial charge on any atom is -0.392 e. The first kappa shape index (κ1) is 19.9. The van der Waals surface area contributed by atoms with E-state index in [1.165, 1.54) is 15.3 Å². The third-order valence-corrected chi connectivity index (χ3v) is 5.24. The van der Waals surface area contributed by atoms with E-state index in [9.17, 15) is 14.7 Å². The van der Waals surface area contributed by atoms with Crippen molar-refractivity contribution < 1.29 is 9.90 Å². The van der Waals surface area contributed by atoms with Crippen LogP contribution >= 0.6 is 11.6 Å². The number of aliphatic hydroxyl groups excluding tert-OH is 1. The van der Waals surface area contributed by atoms with Gasteiger partial charge < -0.3 is 15.0 Å². The molecule has 0 aliphatic carbocycles. The van der Waals surface area contributed by atoms with E-state index < -0.39 is 5.56 Å². The minimum atomic E-state index is -0.409. The quantitative estimate of drug-likeness (QED) is 0.516. The number of carbonyl (C=O) groups is 1. The Kier molecular flexibility index (Phi) is 5.39. The lowest BCUT2D eigenvalue weighted by molar-refractivity contribution is -0.116. The summed E-state index contributed by atoms with van der Waals surface area (Å²) in [7, 11) is 0. The van der Waals surface area contributed by atoms with Crippen LogP contribution in [0.3, 0.4) is 0 Å². The second-order valence-corrected chi connectivity index (χ2v) is 7.30. The van der Waals surface area contributed by atoms with E-state index >= 15 is 0 Å². The van der Waals surface area contributed by atoms with Gasteiger partial charge in [0.05, 0.1) is 12.3 Å². The van der Waals surface area contributed by atoms with Crippen molar-refractivity contribution in [3.63, 3.8) is 0 Å². The van der Waals surface area contributed by atoms with Gasteiger partial charge in [0.25, 0.3) is 5.56 Å². The van der Waals surface area contributed by atoms with Crippen LogP contribution in [0.5, 0.6) is 0 Å². The Balaban J connectivity index is 1.67. The van der Waals surface area contributed by atoms with Crippen LogP contribution in [0, 0.1) is 6.92 Å². The van der Waals surface area contributed by atoms with Crippen LogP contribution < -0.4 is 10.9 Å². The zero-order valence-corrected chi connectivity index (χ0v) is 16.9. The standard InChI is InChI=1S/C22H19ClN4O3/c1-14-7-8-16(11-18(14)23)24-19(29)12-26-9-10-27-21(22(26)30)17(13-28)20(25-27)15-5-3-2-4-6-15/h2-11,28H,12-13H2,1H3,(H,24,29). The molecule has 0 bridgehead atoms. The number of aryl methyl sites for hydroxylation is 1. The average Bonchev–Trinajstić information content (AvgIpc) is 3.13. The van der Waals surface area contributed by atoms with E-state index in [2.05, 4.69) is 10.4 Å². The molecule has 0 saturated heterocycles. The molecule has 0 radical (unpaired) electrons. The molecule has 1 amide bonds. The van der Waals surface area contributed by atoms with E-state index in [0.717, 1.165) is 11.1 Å². The SMILES string of the molecule is Cc1ccc(NC(=O)Cn2ccn3nc(-c4ccccc4)c(CO)c3c2=O)cc1Cl. The highest BCUT2D eigenvalue weighted by molar-refractivity contribution is 6.31. The molecule has 4 aromatic rings. The predicted octanol–water partition coefficient (Wildman–Crippen LogP) is 3.26. The first-order valence-electron chi connectivity index (χ1n) is 9.31. The number of amides is 1. The van der Waals surface area contributed by atoms with Gasteiger partial charge in [0.15, 0.2) is 0 Å². The lowest BCUT2D eigenvalue weighted by Crippen LogP contribution is -2.28. The molecule has 2 aromatic heterocycles. The van der Waals surface area contributed by atoms with E-state index in [1.807, 2.05) is 37.3 Å². The third kappa shape index (κ3) is 3.72. The Morgan fingerprint density at radius 2 is 1.93 bits per heavy atom. The minimum absolute atomic E-state index is 0.183. The smallest absolute Gasteiger partial charge is 0.277 e. The maximum Gasteiger partial charge on any atom is 0.277 e. The maximum atomic E-state index is 13.0. The normalized spacial score (nSPS) is 11.0. The molecule has 0 spiro atoms. The number of benzene rings is 2. The summed E-state index contributed by atoms with van der Waals surface area (Å²) in [6, 6.07) is 14.5. The Bertz CT molecular complexity index is 1300. The number of nitrogens with zero attached hydrogens (tertiary/aromatic N) is 3. The van der Waals surface area contributed by atoms with Gasteiger partial charge in [-0.15, -0.1) is 0 Å². The summed E-state index contributed by atoms with van der Waals surface area (Å²) in [5.41, 5.74) is 3.04. The van der Waals surface area contributed by atoms with Gasteiger partial charge >= 0.3 is 0 Å². The molecular formula is C22H19ClN4O3. The summed E-state index contributed by atoms with van der Waals surface area (Å²) in [6.07, 6.45) is 3.10. The summed E-state index contributed by atoms with van der Waals surface area (Å²) in [4.78, 5) is 25.5. The molecule has 2 N–H and O–H groups in total. The zero-order valence-electron chi connectivity index (χ0n) is 16.2. The highest BCUT2D eigenvalue weighted by Crippen LogP contribution is 2.24. The summed E-state index contributed by atoms with van der Waals surface area (Å²) < 4.78 is 2.72. The molecule has 0 fully saturated rings. The molecule has 7 nitrogen and oxygen atoms in total. The van der Waals surface area contributed by atoms with Gasteiger partial charge in [-0.25, -0.2) is 4.52 Å². The monoisotopic (exact) mass is 422 g/mol. The van der Waals surface area contributed by atoms with Gasteiger partial charge in [-0.3, -0.25) is 9.59 Å². The summed E-state index contributed by atoms with van der Waals surface area (Å²) >= 11 is 6.09. The van der Waals surface area contributed by atoms with Gasteiger partial charge in [-0.1, -0.05) is 48.0 Å². The van der Waals surface area contributed by atoms with Crippen LogP contribution in [0.1, 0.15) is 11.1 Å². The fraction of sp³-hybridized carbons (Fsp3) is 0.136. The maximum absolute atomic E-state index is 13.0. The molecule has 2 aromatic carbocycles. The number of nitrogens with one attached hydrogen (secondary N) is 1. The summed E-state index contributed by atoms with van der Waals surface area (Å²) in [6.45, 7) is 1.34. The molecule has 8 heteroatoms. The highest BCUT2D eigenvalue weighted by Gasteiger charge is 2.18. The molecule has 0 aliphatic rings. The Morgan fingerprint density at radius 1 is 1.17 bits per heavy atom. The van der Waals surface area contributed by atoms with Gasteiger partial charge in [0.2, 0.25) is 5.91 Å². The number of aromatic nitrogens is 3. The van der Waals surface area contributed by atoms with E-state index in [0.29, 0.717) is 22.0 Å². The zero-order chi connectivity index (χ0) is 21.3. The van der Waals surface area contributed by atoms with Crippen molar-refractivity contribution in [3.8, 4) is 11.3 Å². The third-order valence-electron chi connectivity index (χ3n) is 4.83. The van der Waals surface area contributed by atoms with E-state index in [1.54, 1.807) is 24.4 Å². The van der Waals surface area contributed by atoms with Crippen molar-refractivity contribution in [2.24, 2.45) is 0 Å². The molecule has 152 valence electrons. The lowest BCUT2D eigenvalue weighted by Gasteiger charge is -2.09.